The number of Topliss-reactive ketones (excluding diaryl/α,β-unsaturated/α-hetero) is 2. The molecule has 2 atom stereocenters. The number of fused-ring (bicyclic) bond motifs is 20. The Kier molecular flexibility index (Phi) is 22.0. The van der Waals surface area contributed by atoms with E-state index in [1.54, 1.807) is 48.9 Å². The summed E-state index contributed by atoms with van der Waals surface area (Å²) in [6, 6.07) is 23.7. The number of aromatic hydroxyl groups is 2. The zero-order valence-electron chi connectivity index (χ0n) is 43.1. The second-order valence-corrected chi connectivity index (χ2v) is 19.5. The van der Waals surface area contributed by atoms with Crippen LogP contribution in [0.4, 0.5) is 0 Å². The maximum atomic E-state index is 13.4. The average Bonchev–Trinajstić information content (AvgIpc) is 3.43. The van der Waals surface area contributed by atoms with E-state index in [0.29, 0.717) is 88.0 Å². The third-order valence-electron chi connectivity index (χ3n) is 13.6. The molecule has 4 aliphatic carbocycles. The Hall–Kier alpha value is -6.45. The Bertz CT molecular complexity index is 2640. The van der Waals surface area contributed by atoms with Gasteiger partial charge in [-0.3, -0.25) is 9.59 Å². The van der Waals surface area contributed by atoms with E-state index in [1.807, 2.05) is 72.8 Å². The van der Waals surface area contributed by atoms with Crippen molar-refractivity contribution in [2.75, 3.05) is 79.3 Å². The Balaban J connectivity index is 0.00000255. The fourth-order valence-corrected chi connectivity index (χ4v) is 9.80. The molecule has 0 aromatic heterocycles. The summed E-state index contributed by atoms with van der Waals surface area (Å²) in [4.78, 5) is 26.8. The van der Waals surface area contributed by atoms with Crippen LogP contribution in [0.2, 0.25) is 0 Å². The van der Waals surface area contributed by atoms with E-state index < -0.39 is 27.8 Å². The molecular weight excluding hydrogens is 1210 g/mol. The van der Waals surface area contributed by atoms with Crippen molar-refractivity contribution in [3.05, 3.63) is 189 Å². The quantitative estimate of drug-likeness (QED) is 0.110. The van der Waals surface area contributed by atoms with E-state index in [0.717, 1.165) is 70.2 Å². The second kappa shape index (κ2) is 29.9. The number of phenolic OH excluding ortho intramolecular Hbond substituents is 2. The van der Waals surface area contributed by atoms with Crippen LogP contribution in [0.25, 0.3) is 0 Å². The number of hydrogen-bond donors (Lipinski definition) is 4. The topological polar surface area (TPSA) is 207 Å². The number of ketones is 2. The first kappa shape index (κ1) is 56.7. The van der Waals surface area contributed by atoms with Crippen molar-refractivity contribution in [3.8, 4) is 23.0 Å². The first-order valence-corrected chi connectivity index (χ1v) is 29.6. The summed E-state index contributed by atoms with van der Waals surface area (Å²) in [6.07, 6.45) is 19.5. The number of hydrogen-bond acceptors (Lipinski definition) is 16. The molecule has 17 heteroatoms. The molecule has 2 unspecified atom stereocenters. The van der Waals surface area contributed by atoms with Crippen LogP contribution in [-0.4, -0.2) is 113 Å². The van der Waals surface area contributed by atoms with Gasteiger partial charge in [0.25, 0.3) is 0 Å². The van der Waals surface area contributed by atoms with Crippen molar-refractivity contribution in [2.45, 2.75) is 63.5 Å². The zero-order chi connectivity index (χ0) is 53.6. The van der Waals surface area contributed by atoms with Crippen LogP contribution in [0.5, 0.6) is 23.0 Å². The van der Waals surface area contributed by atoms with Gasteiger partial charge in [-0.05, 0) is 81.7 Å². The summed E-state index contributed by atoms with van der Waals surface area (Å²) >= 11 is -2.51. The predicted octanol–water partition coefficient (Wildman–Crippen LogP) is 7.71. The number of phenols is 2. The van der Waals surface area contributed by atoms with Crippen LogP contribution >= 0.6 is 0 Å². The van der Waals surface area contributed by atoms with Crippen LogP contribution in [0.3, 0.4) is 0 Å². The Morgan fingerprint density at radius 2 is 0.727 bits per heavy atom. The number of ether oxygens (including phenoxy) is 8. The summed E-state index contributed by atoms with van der Waals surface area (Å²) in [5.74, 6) is 1.84. The van der Waals surface area contributed by atoms with E-state index >= 15 is 0 Å². The van der Waals surface area contributed by atoms with Gasteiger partial charge in [0.15, 0.2) is 11.5 Å². The van der Waals surface area contributed by atoms with Crippen LogP contribution in [-0.2, 0) is 68.2 Å². The molecule has 0 spiro atoms. The maximum absolute atomic E-state index is 13.4. The van der Waals surface area contributed by atoms with Gasteiger partial charge in [-0.1, -0.05) is 97.8 Å². The molecule has 4 aromatic rings. The van der Waals surface area contributed by atoms with Gasteiger partial charge in [0, 0.05) is 61.3 Å². The number of allylic oxidation sites excluding steroid dienone is 8. The molecular formula is C60H66N2O14U. The predicted molar refractivity (Wildman–Crippen MR) is 281 cm³/mol. The summed E-state index contributed by atoms with van der Waals surface area (Å²) in [5.41, 5.74) is 7.56. The Morgan fingerprint density at radius 1 is 0.429 bits per heavy atom. The van der Waals surface area contributed by atoms with Gasteiger partial charge in [-0.2, -0.15) is 0 Å². The summed E-state index contributed by atoms with van der Waals surface area (Å²) in [6.45, 7) is 3.33. The molecule has 1 fully saturated rings. The van der Waals surface area contributed by atoms with E-state index in [1.165, 1.54) is 0 Å². The average molecular weight is 1280 g/mol. The number of nitrogens with one attached hydrogen (secondary N) is 2. The first-order chi connectivity index (χ1) is 37.8. The van der Waals surface area contributed by atoms with Crippen molar-refractivity contribution in [1.82, 2.24) is 10.6 Å². The van der Waals surface area contributed by atoms with Gasteiger partial charge < -0.3 is 58.7 Å². The number of carbonyl (C=O) groups excluding carboxylic acids is 2. The molecule has 2 aliphatic heterocycles. The fourth-order valence-electron chi connectivity index (χ4n) is 9.80. The van der Waals surface area contributed by atoms with Crippen LogP contribution in [0.15, 0.2) is 144 Å². The van der Waals surface area contributed by atoms with Gasteiger partial charge in [0.2, 0.25) is 11.6 Å². The van der Waals surface area contributed by atoms with E-state index in [2.05, 4.69) is 10.6 Å². The van der Waals surface area contributed by atoms with Gasteiger partial charge in [-0.25, -0.2) is 0 Å². The minimum absolute atomic E-state index is 0.0359. The second-order valence-electron chi connectivity index (χ2n) is 18.8. The molecule has 16 nitrogen and oxygen atoms in total. The number of rotatable bonds is 0. The fraction of sp³-hybridized carbons (Fsp3) is 0.367. The monoisotopic (exact) mass is 1280 g/mol. The van der Waals surface area contributed by atoms with E-state index in [-0.39, 0.29) is 86.3 Å². The molecule has 6 aliphatic rings. The number of para-hydroxylation sites is 4. The third-order valence-corrected chi connectivity index (χ3v) is 13.6. The molecule has 77 heavy (non-hydrogen) atoms. The van der Waals surface area contributed by atoms with Crippen LogP contribution < -0.4 is 20.1 Å². The third kappa shape index (κ3) is 16.1. The molecule has 0 saturated heterocycles. The normalized spacial score (nSPS) is 21.6. The van der Waals surface area contributed by atoms with Gasteiger partial charge in [0.1, 0.15) is 49.4 Å². The first-order valence-electron chi connectivity index (χ1n) is 26.2. The summed E-state index contributed by atoms with van der Waals surface area (Å²) in [7, 11) is 0. The molecule has 1 saturated carbocycles. The molecule has 0 radical (unpaired) electrons. The molecule has 4 N–H and O–H groups in total. The summed E-state index contributed by atoms with van der Waals surface area (Å²) < 4.78 is 65.4. The Labute approximate surface area is 464 Å². The van der Waals surface area contributed by atoms with Crippen LogP contribution in [0, 0.1) is 27.8 Å². The zero-order valence-corrected chi connectivity index (χ0v) is 47.3. The van der Waals surface area contributed by atoms with Gasteiger partial charge >= 0.3 is 32.3 Å². The summed E-state index contributed by atoms with van der Waals surface area (Å²) in [5, 5.41) is 30.7. The number of benzene rings is 4. The van der Waals surface area contributed by atoms with E-state index in [4.69, 9.17) is 42.4 Å². The van der Waals surface area contributed by atoms with Gasteiger partial charge in [0.05, 0.1) is 52.9 Å². The standard InChI is InChI=1S/C60H66N2O12.2O.U/c63-55-41-9-3-11-43(55)37-47-15-6-16-48-38-44-12-4-10-42(56(44)64)36-46-14-5-13-45(35-41)59(46)73-33-29-69-25-23-67-27-31-71-53-21-7-17-49(57(53)65)39-61-51-19-1-2-20-52(51)62-40-50-18-8-22-54(58(50)66)72-32-28-68-24-26-70-30-34-74-60(47)48;;;/h3-18,21-22,39-40,51-52,61-64H,1-2,19-20,23-38H2;;;/b49-39+,50-40+;;;. The van der Waals surface area contributed by atoms with Crippen molar-refractivity contribution < 1.29 is 90.0 Å². The molecule has 404 valence electrons. The molecule has 14 bridgehead atoms. The van der Waals surface area contributed by atoms with E-state index in [9.17, 15) is 19.8 Å². The molecule has 10 rings (SSSR count). The minimum atomic E-state index is -2.51. The van der Waals surface area contributed by atoms with Crippen LogP contribution in [0.1, 0.15) is 70.2 Å². The molecule has 4 aromatic carbocycles. The number of carbonyl (C=O) groups is 2. The molecule has 0 amide bonds. The molecule has 2 heterocycles. The van der Waals surface area contributed by atoms with Crippen molar-refractivity contribution in [2.24, 2.45) is 0 Å². The van der Waals surface area contributed by atoms with Crippen molar-refractivity contribution in [1.29, 1.82) is 0 Å². The van der Waals surface area contributed by atoms with Crippen molar-refractivity contribution in [3.63, 3.8) is 0 Å². The van der Waals surface area contributed by atoms with Crippen molar-refractivity contribution >= 4 is 11.6 Å². The SMILES string of the molecule is O=C1C2=CC=C/C1=C\NC1CCCCC1N/C=C1\C=CC=C(OCCOCCOCCOc3c4cccc3Cc3cccc(c3O)Cc3cccc(c3OCCOCCOCCO2)Cc2cccc(c2O)C4)C1=O.[O]=[U]=[O]. The van der Waals surface area contributed by atoms with Gasteiger partial charge in [-0.15, -0.1) is 0 Å². The Morgan fingerprint density at radius 3 is 1.06 bits per heavy atom.